The summed E-state index contributed by atoms with van der Waals surface area (Å²) >= 11 is 0. The number of nitrogens with one attached hydrogen (secondary N) is 1. The average Bonchev–Trinajstić information content (AvgIpc) is 2.76. The van der Waals surface area contributed by atoms with Gasteiger partial charge >= 0.3 is 5.97 Å². The number of imide groups is 1. The maximum atomic E-state index is 12.2. The summed E-state index contributed by atoms with van der Waals surface area (Å²) in [7, 11) is 0. The minimum atomic E-state index is -0.741. The minimum Gasteiger partial charge on any atom is -0.452 e. The number of benzene rings is 1. The van der Waals surface area contributed by atoms with Gasteiger partial charge in [0.05, 0.1) is 16.7 Å². The van der Waals surface area contributed by atoms with Crippen LogP contribution in [0.3, 0.4) is 0 Å². The fourth-order valence-corrected chi connectivity index (χ4v) is 2.38. The molecule has 1 aliphatic rings. The van der Waals surface area contributed by atoms with Crippen molar-refractivity contribution in [3.63, 3.8) is 0 Å². The van der Waals surface area contributed by atoms with E-state index in [1.54, 1.807) is 0 Å². The van der Waals surface area contributed by atoms with Crippen LogP contribution in [-0.2, 0) is 9.53 Å². The molecule has 0 saturated carbocycles. The van der Waals surface area contributed by atoms with Crippen LogP contribution in [0.5, 0.6) is 0 Å². The maximum Gasteiger partial charge on any atom is 0.338 e. The molecule has 0 spiro atoms. The first-order valence-electron chi connectivity index (χ1n) is 7.73. The highest BCUT2D eigenvalue weighted by Gasteiger charge is 2.35. The normalized spacial score (nSPS) is 13.5. The molecule has 2 rings (SSSR count). The highest BCUT2D eigenvalue weighted by Crippen LogP contribution is 2.24. The number of carbonyl (C=O) groups excluding carboxylic acids is 4. The number of nitrogens with zero attached hydrogens (tertiary/aromatic N) is 1. The minimum absolute atomic E-state index is 0.0963. The van der Waals surface area contributed by atoms with Gasteiger partial charge in [-0.15, -0.1) is 6.58 Å². The number of esters is 1. The average molecular weight is 344 g/mol. The standard InChI is InChI=1S/C18H20N2O5/c1-5-8-20-15(22)12-7-6-11(9-13(12)16(20)23)17(24)25-10-14(21)19-18(2,3)4/h5-7,9H,1,8,10H2,2-4H3,(H,19,21). The van der Waals surface area contributed by atoms with Crippen molar-refractivity contribution >= 4 is 23.7 Å². The van der Waals surface area contributed by atoms with Crippen LogP contribution in [0.1, 0.15) is 51.8 Å². The molecule has 0 aliphatic carbocycles. The van der Waals surface area contributed by atoms with Gasteiger partial charge in [0.15, 0.2) is 6.61 Å². The molecule has 1 aromatic carbocycles. The van der Waals surface area contributed by atoms with Crippen molar-refractivity contribution in [3.05, 3.63) is 47.5 Å². The van der Waals surface area contributed by atoms with Crippen molar-refractivity contribution < 1.29 is 23.9 Å². The Labute approximate surface area is 145 Å². The fraction of sp³-hybridized carbons (Fsp3) is 0.333. The fourth-order valence-electron chi connectivity index (χ4n) is 2.38. The van der Waals surface area contributed by atoms with Crippen LogP contribution in [0.15, 0.2) is 30.9 Å². The third kappa shape index (κ3) is 4.12. The van der Waals surface area contributed by atoms with Gasteiger partial charge in [-0.05, 0) is 39.0 Å². The molecule has 3 amide bonds. The maximum absolute atomic E-state index is 12.2. The van der Waals surface area contributed by atoms with E-state index in [2.05, 4.69) is 11.9 Å². The number of ether oxygens (including phenoxy) is 1. The van der Waals surface area contributed by atoms with E-state index in [1.165, 1.54) is 24.3 Å². The molecule has 1 aromatic rings. The molecule has 1 aliphatic heterocycles. The third-order valence-electron chi connectivity index (χ3n) is 3.37. The molecule has 0 aromatic heterocycles. The van der Waals surface area contributed by atoms with Crippen molar-refractivity contribution in [1.29, 1.82) is 0 Å². The van der Waals surface area contributed by atoms with E-state index in [4.69, 9.17) is 4.74 Å². The number of fused-ring (bicyclic) bond motifs is 1. The molecule has 0 atom stereocenters. The molecule has 25 heavy (non-hydrogen) atoms. The lowest BCUT2D eigenvalue weighted by Gasteiger charge is -2.20. The predicted octanol–water partition coefficient (Wildman–Crippen LogP) is 1.54. The second-order valence-electron chi connectivity index (χ2n) is 6.64. The van der Waals surface area contributed by atoms with Crippen LogP contribution < -0.4 is 5.32 Å². The Bertz CT molecular complexity index is 761. The van der Waals surface area contributed by atoms with E-state index in [0.717, 1.165) is 4.90 Å². The molecule has 0 radical (unpaired) electrons. The highest BCUT2D eigenvalue weighted by molar-refractivity contribution is 6.22. The predicted molar refractivity (Wildman–Crippen MR) is 90.2 cm³/mol. The zero-order valence-corrected chi connectivity index (χ0v) is 14.4. The monoisotopic (exact) mass is 344 g/mol. The summed E-state index contributed by atoms with van der Waals surface area (Å²) in [6, 6.07) is 4.11. The first-order valence-corrected chi connectivity index (χ1v) is 7.73. The Morgan fingerprint density at radius 2 is 1.84 bits per heavy atom. The summed E-state index contributed by atoms with van der Waals surface area (Å²) in [6.07, 6.45) is 1.45. The summed E-state index contributed by atoms with van der Waals surface area (Å²) in [5.41, 5.74) is 0.0385. The summed E-state index contributed by atoms with van der Waals surface area (Å²) in [6.45, 7) is 8.61. The smallest absolute Gasteiger partial charge is 0.338 e. The van der Waals surface area contributed by atoms with E-state index in [9.17, 15) is 19.2 Å². The van der Waals surface area contributed by atoms with Crippen LogP contribution in [0, 0.1) is 0 Å². The summed E-state index contributed by atoms with van der Waals surface area (Å²) in [5, 5.41) is 2.67. The van der Waals surface area contributed by atoms with E-state index < -0.39 is 35.8 Å². The molecule has 132 valence electrons. The van der Waals surface area contributed by atoms with Gasteiger partial charge in [0.2, 0.25) is 0 Å². The Hall–Kier alpha value is -2.96. The number of rotatable bonds is 5. The van der Waals surface area contributed by atoms with E-state index in [-0.39, 0.29) is 23.2 Å². The molecule has 1 heterocycles. The SMILES string of the molecule is C=CCN1C(=O)c2ccc(C(=O)OCC(=O)NC(C)(C)C)cc2C1=O. The van der Waals surface area contributed by atoms with Crippen LogP contribution >= 0.6 is 0 Å². The van der Waals surface area contributed by atoms with Crippen molar-refractivity contribution in [3.8, 4) is 0 Å². The van der Waals surface area contributed by atoms with Crippen LogP contribution in [0.2, 0.25) is 0 Å². The molecular weight excluding hydrogens is 324 g/mol. The van der Waals surface area contributed by atoms with Crippen molar-refractivity contribution in [1.82, 2.24) is 10.2 Å². The van der Waals surface area contributed by atoms with E-state index in [0.29, 0.717) is 0 Å². The Morgan fingerprint density at radius 1 is 1.20 bits per heavy atom. The number of hydrogen-bond acceptors (Lipinski definition) is 5. The van der Waals surface area contributed by atoms with Crippen LogP contribution in [0.4, 0.5) is 0 Å². The number of hydrogen-bond donors (Lipinski definition) is 1. The summed E-state index contributed by atoms with van der Waals surface area (Å²) in [4.78, 5) is 49.2. The van der Waals surface area contributed by atoms with Crippen LogP contribution in [-0.4, -0.2) is 47.3 Å². The van der Waals surface area contributed by atoms with Gasteiger partial charge < -0.3 is 10.1 Å². The molecule has 1 N–H and O–H groups in total. The van der Waals surface area contributed by atoms with E-state index >= 15 is 0 Å². The van der Waals surface area contributed by atoms with E-state index in [1.807, 2.05) is 20.8 Å². The Balaban J connectivity index is 2.09. The summed E-state index contributed by atoms with van der Waals surface area (Å²) < 4.78 is 4.95. The largest absolute Gasteiger partial charge is 0.452 e. The Morgan fingerprint density at radius 3 is 2.44 bits per heavy atom. The molecule has 0 unspecified atom stereocenters. The van der Waals surface area contributed by atoms with Crippen molar-refractivity contribution in [2.24, 2.45) is 0 Å². The lowest BCUT2D eigenvalue weighted by Crippen LogP contribution is -2.42. The van der Waals surface area contributed by atoms with Gasteiger partial charge in [0.25, 0.3) is 17.7 Å². The van der Waals surface area contributed by atoms with Gasteiger partial charge in [-0.1, -0.05) is 6.08 Å². The van der Waals surface area contributed by atoms with Crippen molar-refractivity contribution in [2.75, 3.05) is 13.2 Å². The number of amides is 3. The lowest BCUT2D eigenvalue weighted by atomic mass is 10.1. The first kappa shape index (κ1) is 18.4. The second-order valence-corrected chi connectivity index (χ2v) is 6.64. The zero-order valence-electron chi connectivity index (χ0n) is 14.4. The lowest BCUT2D eigenvalue weighted by molar-refractivity contribution is -0.125. The van der Waals surface area contributed by atoms with Crippen LogP contribution in [0.25, 0.3) is 0 Å². The Kier molecular flexibility index (Phi) is 5.06. The highest BCUT2D eigenvalue weighted by atomic mass is 16.5. The van der Waals surface area contributed by atoms with Gasteiger partial charge in [0.1, 0.15) is 0 Å². The molecule has 0 saturated heterocycles. The van der Waals surface area contributed by atoms with Gasteiger partial charge in [-0.3, -0.25) is 19.3 Å². The molecule has 0 bridgehead atoms. The first-order chi connectivity index (χ1) is 11.6. The molecular formula is C18H20N2O5. The van der Waals surface area contributed by atoms with Gasteiger partial charge in [-0.2, -0.15) is 0 Å². The van der Waals surface area contributed by atoms with Crippen molar-refractivity contribution in [2.45, 2.75) is 26.3 Å². The summed E-state index contributed by atoms with van der Waals surface area (Å²) in [5.74, 6) is -2.08. The number of carbonyl (C=O) groups is 4. The van der Waals surface area contributed by atoms with Gasteiger partial charge in [-0.25, -0.2) is 4.79 Å². The molecule has 7 nitrogen and oxygen atoms in total. The quantitative estimate of drug-likeness (QED) is 0.497. The topological polar surface area (TPSA) is 92.8 Å². The molecule has 0 fully saturated rings. The zero-order chi connectivity index (χ0) is 18.8. The second kappa shape index (κ2) is 6.88. The van der Waals surface area contributed by atoms with Gasteiger partial charge in [0, 0.05) is 12.1 Å². The third-order valence-corrected chi connectivity index (χ3v) is 3.37. The molecule has 7 heteroatoms.